The minimum Gasteiger partial charge on any atom is -0.481 e. The van der Waals surface area contributed by atoms with Crippen LogP contribution in [-0.4, -0.2) is 29.1 Å². The summed E-state index contributed by atoms with van der Waals surface area (Å²) in [6, 6.07) is 3.31. The Morgan fingerprint density at radius 1 is 1.58 bits per heavy atom. The predicted molar refractivity (Wildman–Crippen MR) is 65.6 cm³/mol. The van der Waals surface area contributed by atoms with E-state index in [1.54, 1.807) is 11.8 Å². The van der Waals surface area contributed by atoms with E-state index in [0.29, 0.717) is 13.0 Å². The molecule has 1 aromatic carbocycles. The van der Waals surface area contributed by atoms with Crippen LogP contribution in [0.15, 0.2) is 18.2 Å². The van der Waals surface area contributed by atoms with Crippen LogP contribution in [0.1, 0.15) is 13.3 Å². The SMILES string of the molecule is CC1(C(=O)O)CCN(c2ccc(F)cc2[N+](=O)[O-])C1. The Labute approximate surface area is 108 Å². The van der Waals surface area contributed by atoms with Gasteiger partial charge < -0.3 is 10.0 Å². The molecule has 1 saturated heterocycles. The number of rotatable bonds is 3. The highest BCUT2D eigenvalue weighted by molar-refractivity contribution is 5.77. The van der Waals surface area contributed by atoms with Crippen molar-refractivity contribution in [2.24, 2.45) is 5.41 Å². The molecule has 6 nitrogen and oxygen atoms in total. The van der Waals surface area contributed by atoms with Crippen molar-refractivity contribution in [1.82, 2.24) is 0 Å². The smallest absolute Gasteiger partial charge is 0.311 e. The van der Waals surface area contributed by atoms with Gasteiger partial charge in [0.15, 0.2) is 0 Å². The molecule has 1 unspecified atom stereocenters. The fourth-order valence-electron chi connectivity index (χ4n) is 2.25. The molecule has 0 saturated carbocycles. The zero-order valence-electron chi connectivity index (χ0n) is 10.3. The lowest BCUT2D eigenvalue weighted by molar-refractivity contribution is -0.384. The van der Waals surface area contributed by atoms with Crippen molar-refractivity contribution in [1.29, 1.82) is 0 Å². The first-order chi connectivity index (χ1) is 8.83. The minimum absolute atomic E-state index is 0.175. The summed E-state index contributed by atoms with van der Waals surface area (Å²) in [5.74, 6) is -1.62. The minimum atomic E-state index is -0.931. The lowest BCUT2D eigenvalue weighted by Gasteiger charge is -2.21. The fraction of sp³-hybridized carbons (Fsp3) is 0.417. The van der Waals surface area contributed by atoms with Crippen molar-refractivity contribution >= 4 is 17.3 Å². The molecule has 1 atom stereocenters. The molecular formula is C12H13FN2O4. The van der Waals surface area contributed by atoms with Crippen LogP contribution in [0.5, 0.6) is 0 Å². The van der Waals surface area contributed by atoms with Gasteiger partial charge in [0.2, 0.25) is 0 Å². The lowest BCUT2D eigenvalue weighted by Crippen LogP contribution is -2.31. The molecule has 0 aliphatic carbocycles. The summed E-state index contributed by atoms with van der Waals surface area (Å²) in [5, 5.41) is 20.1. The van der Waals surface area contributed by atoms with E-state index >= 15 is 0 Å². The molecule has 1 fully saturated rings. The molecule has 1 aromatic rings. The van der Waals surface area contributed by atoms with Crippen molar-refractivity contribution in [3.05, 3.63) is 34.1 Å². The third-order valence-electron chi connectivity index (χ3n) is 3.46. The highest BCUT2D eigenvalue weighted by Gasteiger charge is 2.41. The molecule has 0 radical (unpaired) electrons. The third-order valence-corrected chi connectivity index (χ3v) is 3.46. The second-order valence-electron chi connectivity index (χ2n) is 4.93. The van der Waals surface area contributed by atoms with Crippen molar-refractivity contribution < 1.29 is 19.2 Å². The number of halogens is 1. The Bertz CT molecular complexity index is 549. The van der Waals surface area contributed by atoms with Crippen LogP contribution in [0.3, 0.4) is 0 Å². The van der Waals surface area contributed by atoms with Crippen LogP contribution in [0.4, 0.5) is 15.8 Å². The number of nitro benzene ring substituents is 1. The summed E-state index contributed by atoms with van der Waals surface area (Å²) in [5.41, 5.74) is -1.01. The summed E-state index contributed by atoms with van der Waals surface area (Å²) in [4.78, 5) is 23.0. The summed E-state index contributed by atoms with van der Waals surface area (Å²) in [7, 11) is 0. The molecule has 0 amide bonds. The Morgan fingerprint density at radius 3 is 2.79 bits per heavy atom. The van der Waals surface area contributed by atoms with Crippen LogP contribution in [-0.2, 0) is 4.79 Å². The second kappa shape index (κ2) is 4.49. The number of hydrogen-bond donors (Lipinski definition) is 1. The molecule has 1 heterocycles. The number of carbonyl (C=O) groups is 1. The van der Waals surface area contributed by atoms with Gasteiger partial charge in [-0.1, -0.05) is 0 Å². The van der Waals surface area contributed by atoms with Crippen LogP contribution >= 0.6 is 0 Å². The molecule has 2 rings (SSSR count). The average molecular weight is 268 g/mol. The Kier molecular flexibility index (Phi) is 3.13. The van der Waals surface area contributed by atoms with Gasteiger partial charge in [0, 0.05) is 13.1 Å². The number of nitro groups is 1. The van der Waals surface area contributed by atoms with Gasteiger partial charge in [-0.3, -0.25) is 14.9 Å². The van der Waals surface area contributed by atoms with E-state index in [9.17, 15) is 19.3 Å². The number of carboxylic acids is 1. The zero-order chi connectivity index (χ0) is 14.2. The molecule has 102 valence electrons. The molecule has 0 aromatic heterocycles. The monoisotopic (exact) mass is 268 g/mol. The van der Waals surface area contributed by atoms with Gasteiger partial charge in [-0.05, 0) is 25.5 Å². The van der Waals surface area contributed by atoms with Crippen LogP contribution in [0.25, 0.3) is 0 Å². The average Bonchev–Trinajstić information content (AvgIpc) is 2.73. The zero-order valence-corrected chi connectivity index (χ0v) is 10.3. The Hall–Kier alpha value is -2.18. The largest absolute Gasteiger partial charge is 0.481 e. The summed E-state index contributed by atoms with van der Waals surface area (Å²) in [6.45, 7) is 2.18. The van der Waals surface area contributed by atoms with E-state index in [4.69, 9.17) is 5.11 Å². The summed E-state index contributed by atoms with van der Waals surface area (Å²) < 4.78 is 13.1. The first-order valence-corrected chi connectivity index (χ1v) is 5.76. The van der Waals surface area contributed by atoms with E-state index in [0.717, 1.165) is 12.1 Å². The van der Waals surface area contributed by atoms with Crippen LogP contribution < -0.4 is 4.90 Å². The molecule has 0 bridgehead atoms. The lowest BCUT2D eigenvalue weighted by atomic mass is 9.90. The number of hydrogen-bond acceptors (Lipinski definition) is 4. The summed E-state index contributed by atoms with van der Waals surface area (Å²) in [6.07, 6.45) is 0.400. The van der Waals surface area contributed by atoms with E-state index in [1.807, 2.05) is 0 Å². The van der Waals surface area contributed by atoms with Crippen molar-refractivity contribution in [2.75, 3.05) is 18.0 Å². The Balaban J connectivity index is 2.34. The standard InChI is InChI=1S/C12H13FN2O4/c1-12(11(16)17)4-5-14(7-12)9-3-2-8(13)6-10(9)15(18)19/h2-3,6H,4-5,7H2,1H3,(H,16,17). The first-order valence-electron chi connectivity index (χ1n) is 5.76. The maximum absolute atomic E-state index is 13.1. The van der Waals surface area contributed by atoms with Crippen molar-refractivity contribution in [3.8, 4) is 0 Å². The maximum atomic E-state index is 13.1. The van der Waals surface area contributed by atoms with Crippen LogP contribution in [0, 0.1) is 21.3 Å². The summed E-state index contributed by atoms with van der Waals surface area (Å²) >= 11 is 0. The highest BCUT2D eigenvalue weighted by Crippen LogP contribution is 2.37. The molecule has 1 aliphatic heterocycles. The third kappa shape index (κ3) is 2.35. The molecule has 1 N–H and O–H groups in total. The van der Waals surface area contributed by atoms with Crippen molar-refractivity contribution in [3.63, 3.8) is 0 Å². The first kappa shape index (κ1) is 13.3. The highest BCUT2D eigenvalue weighted by atomic mass is 19.1. The van der Waals surface area contributed by atoms with Gasteiger partial charge in [-0.25, -0.2) is 4.39 Å². The second-order valence-corrected chi connectivity index (χ2v) is 4.93. The molecule has 0 spiro atoms. The van der Waals surface area contributed by atoms with Crippen LogP contribution in [0.2, 0.25) is 0 Å². The van der Waals surface area contributed by atoms with Gasteiger partial charge in [0.05, 0.1) is 16.4 Å². The van der Waals surface area contributed by atoms with Gasteiger partial charge in [0.25, 0.3) is 5.69 Å². The van der Waals surface area contributed by atoms with Crippen molar-refractivity contribution in [2.45, 2.75) is 13.3 Å². The van der Waals surface area contributed by atoms with Gasteiger partial charge in [0.1, 0.15) is 11.5 Å². The predicted octanol–water partition coefficient (Wildman–Crippen LogP) is 2.03. The number of benzene rings is 1. The number of nitrogens with zero attached hydrogens (tertiary/aromatic N) is 2. The molecule has 19 heavy (non-hydrogen) atoms. The van der Waals surface area contributed by atoms with Gasteiger partial charge >= 0.3 is 5.97 Å². The number of carboxylic acid groups (broad SMARTS) is 1. The maximum Gasteiger partial charge on any atom is 0.311 e. The molecule has 7 heteroatoms. The van der Waals surface area contributed by atoms with Gasteiger partial charge in [-0.2, -0.15) is 0 Å². The number of aliphatic carboxylic acids is 1. The molecular weight excluding hydrogens is 255 g/mol. The fourth-order valence-corrected chi connectivity index (χ4v) is 2.25. The van der Waals surface area contributed by atoms with E-state index in [1.165, 1.54) is 6.07 Å². The normalized spacial score (nSPS) is 22.5. The Morgan fingerprint density at radius 2 is 2.26 bits per heavy atom. The topological polar surface area (TPSA) is 83.7 Å². The van der Waals surface area contributed by atoms with E-state index in [2.05, 4.69) is 0 Å². The number of anilines is 1. The van der Waals surface area contributed by atoms with E-state index in [-0.39, 0.29) is 17.9 Å². The quantitative estimate of drug-likeness (QED) is 0.669. The molecule has 1 aliphatic rings. The van der Waals surface area contributed by atoms with E-state index < -0.39 is 22.1 Å². The van der Waals surface area contributed by atoms with Gasteiger partial charge in [-0.15, -0.1) is 0 Å².